The molecule has 3 rings (SSSR count). The lowest BCUT2D eigenvalue weighted by Crippen LogP contribution is -2.42. The molecule has 22 heavy (non-hydrogen) atoms. The van der Waals surface area contributed by atoms with Gasteiger partial charge in [0.2, 0.25) is 0 Å². The minimum absolute atomic E-state index is 0.00572. The van der Waals surface area contributed by atoms with E-state index in [-0.39, 0.29) is 11.7 Å². The van der Waals surface area contributed by atoms with Gasteiger partial charge in [0.05, 0.1) is 16.8 Å². The van der Waals surface area contributed by atoms with E-state index in [9.17, 15) is 10.1 Å². The number of nitro groups is 1. The Morgan fingerprint density at radius 2 is 2.27 bits per heavy atom. The number of pyridine rings is 1. The molecule has 1 N–H and O–H groups in total. The summed E-state index contributed by atoms with van der Waals surface area (Å²) in [7, 11) is 1.91. The van der Waals surface area contributed by atoms with Crippen LogP contribution in [-0.2, 0) is 7.05 Å². The molecule has 0 radical (unpaired) electrons. The van der Waals surface area contributed by atoms with E-state index >= 15 is 0 Å². The highest BCUT2D eigenvalue weighted by Gasteiger charge is 2.21. The summed E-state index contributed by atoms with van der Waals surface area (Å²) in [6.07, 6.45) is 7.29. The minimum atomic E-state index is -0.443. The molecular weight excluding hydrogens is 284 g/mol. The van der Waals surface area contributed by atoms with Gasteiger partial charge in [-0.25, -0.2) is 4.98 Å². The molecule has 1 aliphatic heterocycles. The third kappa shape index (κ3) is 3.16. The fourth-order valence-corrected chi connectivity index (χ4v) is 2.69. The van der Waals surface area contributed by atoms with Gasteiger partial charge in [0, 0.05) is 38.4 Å². The van der Waals surface area contributed by atoms with E-state index in [1.165, 1.54) is 12.3 Å². The summed E-state index contributed by atoms with van der Waals surface area (Å²) >= 11 is 0. The summed E-state index contributed by atoms with van der Waals surface area (Å²) < 4.78 is 1.80. The Bertz CT molecular complexity index is 654. The summed E-state index contributed by atoms with van der Waals surface area (Å²) in [6, 6.07) is 3.39. The fraction of sp³-hybridized carbons (Fsp3) is 0.429. The Morgan fingerprint density at radius 1 is 1.41 bits per heavy atom. The number of aromatic nitrogens is 3. The van der Waals surface area contributed by atoms with Gasteiger partial charge in [0.25, 0.3) is 5.69 Å². The topological polar surface area (TPSA) is 89.1 Å². The van der Waals surface area contributed by atoms with Crippen LogP contribution >= 0.6 is 0 Å². The van der Waals surface area contributed by atoms with Crippen molar-refractivity contribution in [1.82, 2.24) is 14.8 Å². The summed E-state index contributed by atoms with van der Waals surface area (Å²) in [5.74, 6) is 0.670. The average Bonchev–Trinajstić information content (AvgIpc) is 2.95. The Kier molecular flexibility index (Phi) is 3.90. The maximum atomic E-state index is 10.6. The molecule has 1 atom stereocenters. The first-order chi connectivity index (χ1) is 10.6. The molecule has 3 heterocycles. The lowest BCUT2D eigenvalue weighted by molar-refractivity contribution is -0.385. The Hall–Kier alpha value is -2.64. The number of nitrogens with one attached hydrogen (secondary N) is 1. The van der Waals surface area contributed by atoms with E-state index in [0.717, 1.165) is 31.6 Å². The van der Waals surface area contributed by atoms with Gasteiger partial charge in [-0.15, -0.1) is 0 Å². The predicted octanol–water partition coefficient (Wildman–Crippen LogP) is 1.80. The maximum Gasteiger partial charge on any atom is 0.287 e. The summed E-state index contributed by atoms with van der Waals surface area (Å²) in [5, 5.41) is 18.2. The fourth-order valence-electron chi connectivity index (χ4n) is 2.69. The molecule has 0 amide bonds. The lowest BCUT2D eigenvalue weighted by atomic mass is 10.1. The van der Waals surface area contributed by atoms with Crippen LogP contribution in [-0.4, -0.2) is 38.8 Å². The molecule has 0 spiro atoms. The van der Waals surface area contributed by atoms with Crippen LogP contribution in [0.4, 0.5) is 17.2 Å². The first-order valence-electron chi connectivity index (χ1n) is 7.22. The number of anilines is 2. The number of rotatable bonds is 4. The van der Waals surface area contributed by atoms with Gasteiger partial charge in [-0.05, 0) is 18.9 Å². The van der Waals surface area contributed by atoms with Crippen molar-refractivity contribution in [3.63, 3.8) is 0 Å². The number of aryl methyl sites for hydroxylation is 1. The highest BCUT2D eigenvalue weighted by atomic mass is 16.6. The zero-order valence-corrected chi connectivity index (χ0v) is 12.3. The van der Waals surface area contributed by atoms with Crippen LogP contribution in [0.25, 0.3) is 0 Å². The molecule has 1 aliphatic rings. The van der Waals surface area contributed by atoms with Crippen LogP contribution in [0.5, 0.6) is 0 Å². The Balaban J connectivity index is 1.63. The lowest BCUT2D eigenvalue weighted by Gasteiger charge is -2.34. The number of piperidine rings is 1. The Morgan fingerprint density at radius 3 is 2.91 bits per heavy atom. The molecule has 2 aromatic heterocycles. The van der Waals surface area contributed by atoms with Crippen molar-refractivity contribution < 1.29 is 4.92 Å². The van der Waals surface area contributed by atoms with E-state index < -0.39 is 4.92 Å². The van der Waals surface area contributed by atoms with Gasteiger partial charge in [-0.1, -0.05) is 0 Å². The van der Waals surface area contributed by atoms with Crippen molar-refractivity contribution in [3.05, 3.63) is 40.8 Å². The second-order valence-electron chi connectivity index (χ2n) is 5.46. The van der Waals surface area contributed by atoms with Gasteiger partial charge in [0.1, 0.15) is 12.0 Å². The van der Waals surface area contributed by atoms with Crippen LogP contribution in [0.2, 0.25) is 0 Å². The molecule has 8 nitrogen and oxygen atoms in total. The second kappa shape index (κ2) is 6.00. The minimum Gasteiger partial charge on any atom is -0.367 e. The molecular formula is C14H18N6O2. The number of hydrogen-bond acceptors (Lipinski definition) is 6. The van der Waals surface area contributed by atoms with Gasteiger partial charge < -0.3 is 10.2 Å². The third-order valence-electron chi connectivity index (χ3n) is 3.79. The first-order valence-corrected chi connectivity index (χ1v) is 7.22. The predicted molar refractivity (Wildman–Crippen MR) is 83.0 cm³/mol. The molecule has 0 aromatic carbocycles. The molecule has 0 aliphatic carbocycles. The highest BCUT2D eigenvalue weighted by Crippen LogP contribution is 2.21. The van der Waals surface area contributed by atoms with Crippen molar-refractivity contribution in [2.24, 2.45) is 7.05 Å². The van der Waals surface area contributed by atoms with E-state index in [0.29, 0.717) is 5.82 Å². The largest absolute Gasteiger partial charge is 0.367 e. The molecule has 1 unspecified atom stereocenters. The molecule has 2 aromatic rings. The van der Waals surface area contributed by atoms with E-state index in [1.54, 1.807) is 10.7 Å². The third-order valence-corrected chi connectivity index (χ3v) is 3.79. The maximum absolute atomic E-state index is 10.6. The average molecular weight is 302 g/mol. The molecule has 8 heteroatoms. The smallest absolute Gasteiger partial charge is 0.287 e. The van der Waals surface area contributed by atoms with E-state index in [2.05, 4.69) is 20.3 Å². The number of nitrogens with zero attached hydrogens (tertiary/aromatic N) is 5. The van der Waals surface area contributed by atoms with Crippen molar-refractivity contribution in [2.45, 2.75) is 18.9 Å². The van der Waals surface area contributed by atoms with Crippen molar-refractivity contribution in [3.8, 4) is 0 Å². The van der Waals surface area contributed by atoms with E-state index in [1.807, 2.05) is 19.4 Å². The van der Waals surface area contributed by atoms with Gasteiger partial charge in [0.15, 0.2) is 0 Å². The van der Waals surface area contributed by atoms with Crippen LogP contribution in [0.15, 0.2) is 30.7 Å². The first kappa shape index (κ1) is 14.3. The van der Waals surface area contributed by atoms with Gasteiger partial charge >= 0.3 is 0 Å². The van der Waals surface area contributed by atoms with Gasteiger partial charge in [-0.3, -0.25) is 14.8 Å². The van der Waals surface area contributed by atoms with Crippen LogP contribution in [0.3, 0.4) is 0 Å². The summed E-state index contributed by atoms with van der Waals surface area (Å²) in [5.41, 5.74) is 1.12. The van der Waals surface area contributed by atoms with Crippen molar-refractivity contribution >= 4 is 17.2 Å². The van der Waals surface area contributed by atoms with Crippen molar-refractivity contribution in [2.75, 3.05) is 23.3 Å². The van der Waals surface area contributed by atoms with E-state index in [4.69, 9.17) is 0 Å². The quantitative estimate of drug-likeness (QED) is 0.684. The number of hydrogen-bond donors (Lipinski definition) is 1. The summed E-state index contributed by atoms with van der Waals surface area (Å²) in [6.45, 7) is 1.88. The standard InChI is InChI=1S/C14H18N6O2/c1-18-10-13(8-16-18)19-6-2-3-11(9-19)17-14-5-4-12(7-15-14)20(21)22/h4-5,7-8,10-11H,2-3,6,9H2,1H3,(H,15,17). The normalized spacial score (nSPS) is 18.2. The SMILES string of the molecule is Cn1cc(N2CCCC(Nc3ccc([N+](=O)[O-])cn3)C2)cn1. The molecule has 0 bridgehead atoms. The molecule has 1 saturated heterocycles. The summed E-state index contributed by atoms with van der Waals surface area (Å²) in [4.78, 5) is 16.6. The monoisotopic (exact) mass is 302 g/mol. The molecule has 116 valence electrons. The van der Waals surface area contributed by atoms with Crippen molar-refractivity contribution in [1.29, 1.82) is 0 Å². The molecule has 1 fully saturated rings. The highest BCUT2D eigenvalue weighted by molar-refractivity contribution is 5.45. The van der Waals surface area contributed by atoms with Gasteiger partial charge in [-0.2, -0.15) is 5.10 Å². The van der Waals surface area contributed by atoms with Crippen LogP contribution < -0.4 is 10.2 Å². The van der Waals surface area contributed by atoms with Crippen LogP contribution in [0, 0.1) is 10.1 Å². The zero-order valence-electron chi connectivity index (χ0n) is 12.3. The Labute approximate surface area is 127 Å². The van der Waals surface area contributed by atoms with Crippen LogP contribution in [0.1, 0.15) is 12.8 Å². The molecule has 0 saturated carbocycles. The zero-order chi connectivity index (χ0) is 15.5. The second-order valence-corrected chi connectivity index (χ2v) is 5.46.